The van der Waals surface area contributed by atoms with Crippen molar-refractivity contribution in [1.82, 2.24) is 20.0 Å². The molecule has 4 aromatic rings. The van der Waals surface area contributed by atoms with E-state index in [0.29, 0.717) is 21.5 Å². The van der Waals surface area contributed by atoms with Crippen LogP contribution >= 0.6 is 15.9 Å². The molecule has 2 heterocycles. The second kappa shape index (κ2) is 7.08. The molecule has 25 heavy (non-hydrogen) atoms. The Balaban J connectivity index is 1.76. The fourth-order valence-electron chi connectivity index (χ4n) is 2.78. The van der Waals surface area contributed by atoms with Crippen molar-refractivity contribution >= 4 is 46.3 Å². The van der Waals surface area contributed by atoms with E-state index in [0.717, 1.165) is 21.4 Å². The van der Waals surface area contributed by atoms with E-state index in [1.54, 1.807) is 0 Å². The van der Waals surface area contributed by atoms with Gasteiger partial charge >= 0.3 is 161 Å². The first kappa shape index (κ1) is 16.5. The summed E-state index contributed by atoms with van der Waals surface area (Å²) < 4.78 is 4.19. The van der Waals surface area contributed by atoms with Gasteiger partial charge in [-0.3, -0.25) is 0 Å². The fourth-order valence-corrected chi connectivity index (χ4v) is 5.53. The third-order valence-corrected chi connectivity index (χ3v) is 7.07. The molecule has 0 radical (unpaired) electrons. The molecular formula is C19H15BrN4Se. The molecule has 4 rings (SSSR count). The van der Waals surface area contributed by atoms with Crippen molar-refractivity contribution in [1.29, 1.82) is 0 Å². The molecule has 0 atom stereocenters. The van der Waals surface area contributed by atoms with Crippen LogP contribution in [0.3, 0.4) is 0 Å². The van der Waals surface area contributed by atoms with E-state index in [-0.39, 0.29) is 0 Å². The summed E-state index contributed by atoms with van der Waals surface area (Å²) in [7, 11) is 0. The van der Waals surface area contributed by atoms with E-state index in [2.05, 4.69) is 62.4 Å². The van der Waals surface area contributed by atoms with Gasteiger partial charge in [0.25, 0.3) is 0 Å². The minimum atomic E-state index is 0.343. The molecule has 0 bridgehead atoms. The van der Waals surface area contributed by atoms with Crippen LogP contribution in [0, 0.1) is 0 Å². The van der Waals surface area contributed by atoms with Gasteiger partial charge in [0.15, 0.2) is 0 Å². The van der Waals surface area contributed by atoms with Crippen LogP contribution < -0.4 is 4.46 Å². The van der Waals surface area contributed by atoms with E-state index < -0.39 is 0 Å². The monoisotopic (exact) mass is 458 g/mol. The standard InChI is InChI=1S/C19H15BrN4Se/c1-25-19-14-9-5-6-10-15(14)21-18(17(19)20)16-12-24(23-22-16)11-13-7-3-2-4-8-13/h2-10,12H,11H2,1H3. The molecule has 0 spiro atoms. The number of aromatic nitrogens is 4. The Morgan fingerprint density at radius 2 is 1.80 bits per heavy atom. The quantitative estimate of drug-likeness (QED) is 0.439. The molecular weight excluding hydrogens is 443 g/mol. The summed E-state index contributed by atoms with van der Waals surface area (Å²) in [6.45, 7) is 0.698. The normalized spacial score (nSPS) is 11.1. The molecule has 0 unspecified atom stereocenters. The number of nitrogens with zero attached hydrogens (tertiary/aromatic N) is 4. The summed E-state index contributed by atoms with van der Waals surface area (Å²) in [5, 5.41) is 9.83. The first-order valence-electron chi connectivity index (χ1n) is 7.83. The molecule has 124 valence electrons. The van der Waals surface area contributed by atoms with Gasteiger partial charge in [-0.05, 0) is 0 Å². The minimum absolute atomic E-state index is 0.343. The van der Waals surface area contributed by atoms with Gasteiger partial charge in [-0.2, -0.15) is 0 Å². The number of halogens is 1. The first-order chi connectivity index (χ1) is 12.3. The second-order valence-corrected chi connectivity index (χ2v) is 8.12. The summed E-state index contributed by atoms with van der Waals surface area (Å²) in [6.07, 6.45) is 1.96. The maximum absolute atomic E-state index is 4.82. The molecule has 0 saturated carbocycles. The molecule has 0 amide bonds. The zero-order chi connectivity index (χ0) is 17.2. The predicted octanol–water partition coefficient (Wildman–Crippen LogP) is 3.68. The van der Waals surface area contributed by atoms with Crippen molar-refractivity contribution in [3.8, 4) is 11.4 Å². The average Bonchev–Trinajstić information content (AvgIpc) is 3.10. The number of fused-ring (bicyclic) bond motifs is 1. The second-order valence-electron chi connectivity index (χ2n) is 5.61. The Morgan fingerprint density at radius 3 is 2.60 bits per heavy atom. The number of hydrogen-bond donors (Lipinski definition) is 0. The van der Waals surface area contributed by atoms with Crippen LogP contribution in [0.15, 0.2) is 65.3 Å². The van der Waals surface area contributed by atoms with E-state index in [4.69, 9.17) is 4.98 Å². The Bertz CT molecular complexity index is 1030. The van der Waals surface area contributed by atoms with Gasteiger partial charge < -0.3 is 0 Å². The van der Waals surface area contributed by atoms with Crippen LogP contribution in [0.2, 0.25) is 5.82 Å². The van der Waals surface area contributed by atoms with Crippen LogP contribution in [0.5, 0.6) is 0 Å². The van der Waals surface area contributed by atoms with E-state index >= 15 is 0 Å². The molecule has 0 aliphatic carbocycles. The van der Waals surface area contributed by atoms with Gasteiger partial charge in [0.05, 0.1) is 0 Å². The summed E-state index contributed by atoms with van der Waals surface area (Å²) in [4.78, 5) is 4.82. The number of para-hydroxylation sites is 1. The number of rotatable bonds is 4. The number of pyridine rings is 1. The van der Waals surface area contributed by atoms with Crippen molar-refractivity contribution in [3.63, 3.8) is 0 Å². The molecule has 2 aromatic heterocycles. The van der Waals surface area contributed by atoms with Gasteiger partial charge in [0.1, 0.15) is 0 Å². The van der Waals surface area contributed by atoms with Crippen molar-refractivity contribution in [3.05, 3.63) is 70.8 Å². The number of hydrogen-bond acceptors (Lipinski definition) is 3. The van der Waals surface area contributed by atoms with Crippen LogP contribution in [-0.2, 0) is 6.54 Å². The fraction of sp³-hybridized carbons (Fsp3) is 0.105. The zero-order valence-electron chi connectivity index (χ0n) is 13.6. The first-order valence-corrected chi connectivity index (χ1v) is 11.2. The summed E-state index contributed by atoms with van der Waals surface area (Å²) >= 11 is 4.09. The van der Waals surface area contributed by atoms with Crippen molar-refractivity contribution < 1.29 is 0 Å². The van der Waals surface area contributed by atoms with Gasteiger partial charge in [0, 0.05) is 0 Å². The van der Waals surface area contributed by atoms with Gasteiger partial charge in [-0.1, -0.05) is 0 Å². The third-order valence-electron chi connectivity index (χ3n) is 3.96. The Hall–Kier alpha value is -2.01. The van der Waals surface area contributed by atoms with Gasteiger partial charge in [-0.25, -0.2) is 0 Å². The topological polar surface area (TPSA) is 43.6 Å². The average molecular weight is 458 g/mol. The molecule has 0 N–H and O–H groups in total. The summed E-state index contributed by atoms with van der Waals surface area (Å²) in [5.74, 6) is 2.22. The Morgan fingerprint density at radius 1 is 1.04 bits per heavy atom. The Labute approximate surface area is 160 Å². The molecule has 6 heteroatoms. The summed E-state index contributed by atoms with van der Waals surface area (Å²) in [5.41, 5.74) is 3.84. The van der Waals surface area contributed by atoms with Crippen LogP contribution in [-0.4, -0.2) is 34.9 Å². The predicted molar refractivity (Wildman–Crippen MR) is 105 cm³/mol. The molecule has 4 nitrogen and oxygen atoms in total. The van der Waals surface area contributed by atoms with Crippen LogP contribution in [0.4, 0.5) is 0 Å². The van der Waals surface area contributed by atoms with E-state index in [9.17, 15) is 0 Å². The molecule has 0 aliphatic heterocycles. The number of benzene rings is 2. The molecule has 0 fully saturated rings. The van der Waals surface area contributed by atoms with E-state index in [1.807, 2.05) is 35.1 Å². The maximum atomic E-state index is 4.82. The third kappa shape index (κ3) is 3.25. The van der Waals surface area contributed by atoms with Crippen LogP contribution in [0.1, 0.15) is 5.56 Å². The van der Waals surface area contributed by atoms with Gasteiger partial charge in [-0.15, -0.1) is 0 Å². The van der Waals surface area contributed by atoms with Crippen molar-refractivity contribution in [2.45, 2.75) is 12.4 Å². The molecule has 2 aromatic carbocycles. The molecule has 0 saturated heterocycles. The summed E-state index contributed by atoms with van der Waals surface area (Å²) in [6, 6.07) is 18.5. The van der Waals surface area contributed by atoms with Crippen molar-refractivity contribution in [2.75, 3.05) is 0 Å². The molecule has 0 aliphatic rings. The zero-order valence-corrected chi connectivity index (χ0v) is 16.9. The van der Waals surface area contributed by atoms with E-state index in [1.165, 1.54) is 15.4 Å². The van der Waals surface area contributed by atoms with Crippen molar-refractivity contribution in [2.24, 2.45) is 0 Å². The SMILES string of the molecule is C[Se]c1c(Br)c(-c2cn(Cc3ccccc3)nn2)nc2ccccc12. The van der Waals surface area contributed by atoms with Gasteiger partial charge in [0.2, 0.25) is 0 Å². The Kier molecular flexibility index (Phi) is 4.66. The van der Waals surface area contributed by atoms with Crippen LogP contribution in [0.25, 0.3) is 22.3 Å².